The van der Waals surface area contributed by atoms with Crippen molar-refractivity contribution in [3.05, 3.63) is 114 Å². The average molecular weight is 572 g/mol. The molecule has 4 aromatic carbocycles. The van der Waals surface area contributed by atoms with Crippen molar-refractivity contribution in [2.24, 2.45) is 0 Å². The highest BCUT2D eigenvalue weighted by atomic mass is 16.6. The molecule has 0 amide bonds. The third kappa shape index (κ3) is 8.57. The van der Waals surface area contributed by atoms with Crippen LogP contribution >= 0.6 is 0 Å². The van der Waals surface area contributed by atoms with Gasteiger partial charge in [-0.1, -0.05) is 42.5 Å². The molecular weight excluding hydrogens is 538 g/mol. The molecule has 0 spiro atoms. The van der Waals surface area contributed by atoms with Gasteiger partial charge in [-0.25, -0.2) is 9.59 Å². The van der Waals surface area contributed by atoms with Gasteiger partial charge >= 0.3 is 11.9 Å². The molecule has 2 N–H and O–H groups in total. The predicted octanol–water partition coefficient (Wildman–Crippen LogP) is 4.71. The number of aliphatic hydroxyl groups excluding tert-OH is 1. The van der Waals surface area contributed by atoms with Gasteiger partial charge in [-0.2, -0.15) is 0 Å². The number of carbonyl (C=O) groups excluding carboxylic acids is 2. The number of methoxy groups -OCH3 is 2. The van der Waals surface area contributed by atoms with Crippen LogP contribution in [0.2, 0.25) is 0 Å². The van der Waals surface area contributed by atoms with Gasteiger partial charge in [-0.3, -0.25) is 0 Å². The molecule has 9 nitrogen and oxygen atoms in total. The van der Waals surface area contributed by atoms with E-state index in [2.05, 4.69) is 5.32 Å². The zero-order valence-electron chi connectivity index (χ0n) is 23.4. The number of hydrogen-bond acceptors (Lipinski definition) is 9. The molecule has 0 aliphatic carbocycles. The molecule has 0 saturated carbocycles. The van der Waals surface area contributed by atoms with E-state index in [9.17, 15) is 14.7 Å². The van der Waals surface area contributed by atoms with Crippen LogP contribution in [0.5, 0.6) is 28.7 Å². The Hall–Kier alpha value is -4.86. The highest BCUT2D eigenvalue weighted by Crippen LogP contribution is 2.33. The Morgan fingerprint density at radius 1 is 0.714 bits per heavy atom. The Kier molecular flexibility index (Phi) is 10.9. The van der Waals surface area contributed by atoms with Gasteiger partial charge in [0.1, 0.15) is 18.5 Å². The monoisotopic (exact) mass is 571 g/mol. The Balaban J connectivity index is 1.34. The molecule has 218 valence electrons. The lowest BCUT2D eigenvalue weighted by Gasteiger charge is -2.16. The van der Waals surface area contributed by atoms with E-state index in [1.807, 2.05) is 18.2 Å². The van der Waals surface area contributed by atoms with Crippen LogP contribution in [0.15, 0.2) is 97.1 Å². The standard InChI is InChI=1S/C33H33NO8/c1-38-28-15-13-23(19-30(28)39-2)17-18-34-21-26(35)22-40-27-14-16-29(41-32(36)24-9-5-3-6-10-24)31(20-27)42-33(37)25-11-7-4-8-12-25/h3-16,19-20,26,34-35H,17-18,21-22H2,1-2H3/t26-/m0/s1. The van der Waals surface area contributed by atoms with Crippen molar-refractivity contribution in [2.45, 2.75) is 12.5 Å². The Morgan fingerprint density at radius 2 is 1.31 bits per heavy atom. The maximum absolute atomic E-state index is 12.8. The van der Waals surface area contributed by atoms with Crippen LogP contribution in [0.3, 0.4) is 0 Å². The Labute approximate surface area is 244 Å². The van der Waals surface area contributed by atoms with Gasteiger partial charge in [-0.15, -0.1) is 0 Å². The minimum absolute atomic E-state index is 0.00756. The minimum Gasteiger partial charge on any atom is -0.493 e. The van der Waals surface area contributed by atoms with E-state index >= 15 is 0 Å². The van der Waals surface area contributed by atoms with Crippen molar-refractivity contribution in [3.8, 4) is 28.7 Å². The van der Waals surface area contributed by atoms with Gasteiger partial charge < -0.3 is 34.1 Å². The molecule has 0 unspecified atom stereocenters. The summed E-state index contributed by atoms with van der Waals surface area (Å²) in [6.07, 6.45) is -0.0749. The second-order valence-electron chi connectivity index (χ2n) is 9.23. The summed E-state index contributed by atoms with van der Waals surface area (Å²) < 4.78 is 27.5. The first-order chi connectivity index (χ1) is 20.5. The first kappa shape index (κ1) is 30.1. The van der Waals surface area contributed by atoms with Crippen molar-refractivity contribution < 1.29 is 38.4 Å². The molecule has 0 aromatic heterocycles. The minimum atomic E-state index is -0.804. The molecule has 1 atom stereocenters. The number of aliphatic hydroxyl groups is 1. The molecule has 0 aliphatic rings. The molecule has 9 heteroatoms. The normalized spacial score (nSPS) is 11.3. The van der Waals surface area contributed by atoms with Crippen molar-refractivity contribution in [1.29, 1.82) is 0 Å². The second-order valence-corrected chi connectivity index (χ2v) is 9.23. The topological polar surface area (TPSA) is 113 Å². The highest BCUT2D eigenvalue weighted by Gasteiger charge is 2.18. The number of carbonyl (C=O) groups is 2. The second kappa shape index (κ2) is 15.2. The number of hydrogen-bond donors (Lipinski definition) is 2. The number of rotatable bonds is 14. The first-order valence-corrected chi connectivity index (χ1v) is 13.4. The molecule has 0 radical (unpaired) electrons. The number of ether oxygens (including phenoxy) is 5. The Bertz CT molecular complexity index is 1460. The van der Waals surface area contributed by atoms with E-state index in [-0.39, 0.29) is 18.1 Å². The van der Waals surface area contributed by atoms with E-state index in [0.717, 1.165) is 12.0 Å². The SMILES string of the molecule is COc1ccc(CCNC[C@H](O)COc2ccc(OC(=O)c3ccccc3)c(OC(=O)c3ccccc3)c2)cc1OC. The van der Waals surface area contributed by atoms with Gasteiger partial charge in [0, 0.05) is 12.6 Å². The van der Waals surface area contributed by atoms with Crippen LogP contribution in [0, 0.1) is 0 Å². The Morgan fingerprint density at radius 3 is 1.93 bits per heavy atom. The fraction of sp³-hybridized carbons (Fsp3) is 0.212. The van der Waals surface area contributed by atoms with Crippen molar-refractivity contribution >= 4 is 11.9 Å². The third-order valence-corrected chi connectivity index (χ3v) is 6.20. The quantitative estimate of drug-likeness (QED) is 0.126. The fourth-order valence-corrected chi connectivity index (χ4v) is 4.00. The van der Waals surface area contributed by atoms with Gasteiger partial charge in [0.2, 0.25) is 0 Å². The number of esters is 2. The van der Waals surface area contributed by atoms with Crippen LogP contribution < -0.4 is 29.0 Å². The number of benzene rings is 4. The lowest BCUT2D eigenvalue weighted by atomic mass is 10.1. The summed E-state index contributed by atoms with van der Waals surface area (Å²) in [5, 5.41) is 13.7. The largest absolute Gasteiger partial charge is 0.493 e. The van der Waals surface area contributed by atoms with Crippen molar-refractivity contribution in [1.82, 2.24) is 5.32 Å². The average Bonchev–Trinajstić information content (AvgIpc) is 3.03. The third-order valence-electron chi connectivity index (χ3n) is 6.20. The summed E-state index contributed by atoms with van der Waals surface area (Å²) in [5.41, 5.74) is 1.75. The molecule has 4 rings (SSSR count). The molecule has 0 saturated heterocycles. The van der Waals surface area contributed by atoms with Crippen LogP contribution in [0.4, 0.5) is 0 Å². The lowest BCUT2D eigenvalue weighted by molar-refractivity contribution is 0.0681. The summed E-state index contributed by atoms with van der Waals surface area (Å²) >= 11 is 0. The molecule has 0 fully saturated rings. The zero-order valence-corrected chi connectivity index (χ0v) is 23.4. The van der Waals surface area contributed by atoms with E-state index < -0.39 is 18.0 Å². The van der Waals surface area contributed by atoms with Crippen LogP contribution in [0.25, 0.3) is 0 Å². The van der Waals surface area contributed by atoms with Crippen LogP contribution in [0.1, 0.15) is 26.3 Å². The van der Waals surface area contributed by atoms with Crippen LogP contribution in [-0.2, 0) is 6.42 Å². The summed E-state index contributed by atoms with van der Waals surface area (Å²) in [5.74, 6) is 0.500. The van der Waals surface area contributed by atoms with Gasteiger partial charge in [-0.05, 0) is 67.1 Å². The van der Waals surface area contributed by atoms with Crippen molar-refractivity contribution in [3.63, 3.8) is 0 Å². The molecule has 0 heterocycles. The molecule has 0 bridgehead atoms. The van der Waals surface area contributed by atoms with E-state index in [4.69, 9.17) is 23.7 Å². The molecule has 4 aromatic rings. The van der Waals surface area contributed by atoms with Gasteiger partial charge in [0.05, 0.1) is 25.3 Å². The number of nitrogens with one attached hydrogen (secondary N) is 1. The maximum atomic E-state index is 12.8. The molecule has 42 heavy (non-hydrogen) atoms. The van der Waals surface area contributed by atoms with Crippen molar-refractivity contribution in [2.75, 3.05) is 33.9 Å². The van der Waals surface area contributed by atoms with E-state index in [1.54, 1.807) is 80.9 Å². The van der Waals surface area contributed by atoms with E-state index in [1.165, 1.54) is 12.1 Å². The summed E-state index contributed by atoms with van der Waals surface area (Å²) in [6, 6.07) is 27.2. The molecule has 0 aliphatic heterocycles. The lowest BCUT2D eigenvalue weighted by Crippen LogP contribution is -2.32. The zero-order chi connectivity index (χ0) is 29.7. The highest BCUT2D eigenvalue weighted by molar-refractivity contribution is 5.93. The summed E-state index contributed by atoms with van der Waals surface area (Å²) in [4.78, 5) is 25.4. The summed E-state index contributed by atoms with van der Waals surface area (Å²) in [6.45, 7) is 0.919. The predicted molar refractivity (Wildman–Crippen MR) is 157 cm³/mol. The maximum Gasteiger partial charge on any atom is 0.343 e. The smallest absolute Gasteiger partial charge is 0.343 e. The first-order valence-electron chi connectivity index (χ1n) is 13.4. The fourth-order valence-electron chi connectivity index (χ4n) is 4.00. The van der Waals surface area contributed by atoms with Crippen LogP contribution in [-0.4, -0.2) is 57.1 Å². The molecular formula is C33H33NO8. The summed E-state index contributed by atoms with van der Waals surface area (Å²) in [7, 11) is 3.19. The van der Waals surface area contributed by atoms with Gasteiger partial charge in [0.25, 0.3) is 0 Å². The van der Waals surface area contributed by atoms with Gasteiger partial charge in [0.15, 0.2) is 23.0 Å². The van der Waals surface area contributed by atoms with E-state index in [0.29, 0.717) is 41.5 Å².